The molecule has 5 rings (SSSR count). The zero-order valence-electron chi connectivity index (χ0n) is 18.6. The third kappa shape index (κ3) is 3.88. The van der Waals surface area contributed by atoms with E-state index in [0.29, 0.717) is 6.04 Å². The molecule has 0 radical (unpaired) electrons. The summed E-state index contributed by atoms with van der Waals surface area (Å²) in [5, 5.41) is 5.80. The summed E-state index contributed by atoms with van der Waals surface area (Å²) < 4.78 is 1.93. The van der Waals surface area contributed by atoms with Gasteiger partial charge in [-0.1, -0.05) is 18.2 Å². The van der Waals surface area contributed by atoms with E-state index < -0.39 is 0 Å². The van der Waals surface area contributed by atoms with Gasteiger partial charge in [-0.25, -0.2) is 9.50 Å². The van der Waals surface area contributed by atoms with E-state index in [0.717, 1.165) is 52.1 Å². The largest absolute Gasteiger partial charge is 0.369 e. The second-order valence-electron chi connectivity index (χ2n) is 8.86. The van der Waals surface area contributed by atoms with Crippen molar-refractivity contribution < 1.29 is 0 Å². The van der Waals surface area contributed by atoms with Crippen molar-refractivity contribution in [1.29, 1.82) is 0 Å². The number of nitrogens with zero attached hydrogens (tertiary/aromatic N) is 6. The van der Waals surface area contributed by atoms with Gasteiger partial charge in [0.25, 0.3) is 0 Å². The molecule has 31 heavy (non-hydrogen) atoms. The van der Waals surface area contributed by atoms with E-state index in [-0.39, 0.29) is 0 Å². The molecule has 6 nitrogen and oxygen atoms in total. The molecule has 0 saturated carbocycles. The molecule has 1 aliphatic rings. The SMILES string of the molecule is Cc1cc(-c2cnn3cc(N4CCCC(N(C)C)CCC4)cnc23)c2ccccc2n1. The zero-order valence-corrected chi connectivity index (χ0v) is 18.6. The summed E-state index contributed by atoms with van der Waals surface area (Å²) in [4.78, 5) is 14.4. The Morgan fingerprint density at radius 2 is 1.77 bits per heavy atom. The Kier molecular flexibility index (Phi) is 5.32. The molecule has 0 aliphatic carbocycles. The van der Waals surface area contributed by atoms with Gasteiger partial charge < -0.3 is 9.80 Å². The number of anilines is 1. The maximum atomic E-state index is 4.86. The Labute approximate surface area is 183 Å². The van der Waals surface area contributed by atoms with Gasteiger partial charge in [-0.3, -0.25) is 4.98 Å². The van der Waals surface area contributed by atoms with Crippen LogP contribution in [0.15, 0.2) is 48.9 Å². The summed E-state index contributed by atoms with van der Waals surface area (Å²) in [6.45, 7) is 4.18. The molecule has 0 spiro atoms. The van der Waals surface area contributed by atoms with Gasteiger partial charge in [-0.2, -0.15) is 5.10 Å². The first-order chi connectivity index (χ1) is 15.1. The number of rotatable bonds is 3. The molecular weight excluding hydrogens is 384 g/mol. The van der Waals surface area contributed by atoms with Gasteiger partial charge in [0.2, 0.25) is 0 Å². The second kappa shape index (κ2) is 8.27. The van der Waals surface area contributed by atoms with E-state index in [1.54, 1.807) is 0 Å². The fraction of sp³-hybridized carbons (Fsp3) is 0.400. The smallest absolute Gasteiger partial charge is 0.162 e. The highest BCUT2D eigenvalue weighted by atomic mass is 15.3. The highest BCUT2D eigenvalue weighted by Crippen LogP contribution is 2.31. The van der Waals surface area contributed by atoms with Gasteiger partial charge in [-0.15, -0.1) is 0 Å². The van der Waals surface area contributed by atoms with Gasteiger partial charge in [-0.05, 0) is 64.4 Å². The van der Waals surface area contributed by atoms with Crippen LogP contribution in [0.3, 0.4) is 0 Å². The van der Waals surface area contributed by atoms with Gasteiger partial charge in [0.1, 0.15) is 0 Å². The van der Waals surface area contributed by atoms with Crippen LogP contribution in [-0.2, 0) is 0 Å². The number of benzene rings is 1. The molecule has 1 fully saturated rings. The molecule has 0 N–H and O–H groups in total. The van der Waals surface area contributed by atoms with Crippen molar-refractivity contribution >= 4 is 22.2 Å². The molecule has 1 aliphatic heterocycles. The summed E-state index contributed by atoms with van der Waals surface area (Å²) in [5.41, 5.74) is 6.24. The Morgan fingerprint density at radius 1 is 1.00 bits per heavy atom. The minimum Gasteiger partial charge on any atom is -0.369 e. The predicted octanol–water partition coefficient (Wildman–Crippen LogP) is 4.56. The first kappa shape index (κ1) is 19.9. The van der Waals surface area contributed by atoms with E-state index in [9.17, 15) is 0 Å². The fourth-order valence-corrected chi connectivity index (χ4v) is 4.82. The Morgan fingerprint density at radius 3 is 2.55 bits per heavy atom. The Hall–Kier alpha value is -2.99. The van der Waals surface area contributed by atoms with Crippen LogP contribution in [0.25, 0.3) is 27.7 Å². The van der Waals surface area contributed by atoms with E-state index in [4.69, 9.17) is 4.98 Å². The van der Waals surface area contributed by atoms with Gasteiger partial charge in [0.15, 0.2) is 5.65 Å². The number of pyridine rings is 1. The van der Waals surface area contributed by atoms with Crippen molar-refractivity contribution in [3.8, 4) is 11.1 Å². The molecule has 1 aromatic carbocycles. The van der Waals surface area contributed by atoms with Crippen LogP contribution in [-0.4, -0.2) is 57.7 Å². The summed E-state index contributed by atoms with van der Waals surface area (Å²) >= 11 is 0. The number of fused-ring (bicyclic) bond motifs is 2. The highest BCUT2D eigenvalue weighted by Gasteiger charge is 2.18. The van der Waals surface area contributed by atoms with Crippen molar-refractivity contribution in [3.63, 3.8) is 0 Å². The molecule has 4 heterocycles. The van der Waals surface area contributed by atoms with Crippen LogP contribution in [0.1, 0.15) is 31.4 Å². The molecule has 0 amide bonds. The summed E-state index contributed by atoms with van der Waals surface area (Å²) in [6, 6.07) is 11.1. The van der Waals surface area contributed by atoms with Crippen molar-refractivity contribution in [3.05, 3.63) is 54.6 Å². The monoisotopic (exact) mass is 414 g/mol. The van der Waals surface area contributed by atoms with E-state index in [1.807, 2.05) is 29.9 Å². The number of aryl methyl sites for hydroxylation is 1. The second-order valence-corrected chi connectivity index (χ2v) is 8.86. The van der Waals surface area contributed by atoms with Gasteiger partial charge in [0, 0.05) is 35.8 Å². The standard InChI is InChI=1S/C25H30N6/c1-18-14-22(21-10-4-5-11-24(21)28-18)23-16-27-31-17-20(15-26-25(23)31)30-12-6-8-19(29(2)3)9-7-13-30/h4-5,10-11,14-17,19H,6-9,12-13H2,1-3H3. The molecular formula is C25H30N6. The lowest BCUT2D eigenvalue weighted by Gasteiger charge is -2.32. The average molecular weight is 415 g/mol. The minimum absolute atomic E-state index is 0.704. The zero-order chi connectivity index (χ0) is 21.4. The lowest BCUT2D eigenvalue weighted by molar-refractivity contribution is 0.250. The van der Waals surface area contributed by atoms with Crippen molar-refractivity contribution in [2.45, 2.75) is 38.6 Å². The average Bonchev–Trinajstić information content (AvgIpc) is 3.16. The maximum absolute atomic E-state index is 4.86. The lowest BCUT2D eigenvalue weighted by Crippen LogP contribution is -2.35. The van der Waals surface area contributed by atoms with Crippen molar-refractivity contribution in [2.24, 2.45) is 0 Å². The highest BCUT2D eigenvalue weighted by molar-refractivity contribution is 5.98. The predicted molar refractivity (Wildman–Crippen MR) is 127 cm³/mol. The van der Waals surface area contributed by atoms with Crippen LogP contribution in [0.2, 0.25) is 0 Å². The summed E-state index contributed by atoms with van der Waals surface area (Å²) in [5.74, 6) is 0. The van der Waals surface area contributed by atoms with Crippen molar-refractivity contribution in [2.75, 3.05) is 32.1 Å². The number of aromatic nitrogens is 4. The number of hydrogen-bond donors (Lipinski definition) is 0. The van der Waals surface area contributed by atoms with Crippen molar-refractivity contribution in [1.82, 2.24) is 24.5 Å². The van der Waals surface area contributed by atoms with Crippen LogP contribution in [0.5, 0.6) is 0 Å². The maximum Gasteiger partial charge on any atom is 0.162 e. The fourth-order valence-electron chi connectivity index (χ4n) is 4.82. The quantitative estimate of drug-likeness (QED) is 0.492. The Bertz CT molecular complexity index is 1200. The molecule has 4 aromatic rings. The Balaban J connectivity index is 1.46. The van der Waals surface area contributed by atoms with E-state index >= 15 is 0 Å². The first-order valence-electron chi connectivity index (χ1n) is 11.2. The number of para-hydroxylation sites is 1. The van der Waals surface area contributed by atoms with Crippen LogP contribution in [0.4, 0.5) is 5.69 Å². The van der Waals surface area contributed by atoms with Crippen LogP contribution >= 0.6 is 0 Å². The molecule has 0 atom stereocenters. The van der Waals surface area contributed by atoms with E-state index in [2.05, 4.69) is 64.4 Å². The summed E-state index contributed by atoms with van der Waals surface area (Å²) in [7, 11) is 4.40. The molecule has 0 unspecified atom stereocenters. The third-order valence-corrected chi connectivity index (χ3v) is 6.50. The molecule has 1 saturated heterocycles. The minimum atomic E-state index is 0.704. The topological polar surface area (TPSA) is 49.6 Å². The van der Waals surface area contributed by atoms with Gasteiger partial charge in [0.05, 0.1) is 29.8 Å². The third-order valence-electron chi connectivity index (χ3n) is 6.50. The first-order valence-corrected chi connectivity index (χ1v) is 11.2. The normalized spacial score (nSPS) is 16.2. The molecule has 160 valence electrons. The molecule has 0 bridgehead atoms. The molecule has 6 heteroatoms. The van der Waals surface area contributed by atoms with Crippen LogP contribution < -0.4 is 4.90 Å². The number of hydrogen-bond acceptors (Lipinski definition) is 5. The van der Waals surface area contributed by atoms with Gasteiger partial charge >= 0.3 is 0 Å². The lowest BCUT2D eigenvalue weighted by atomic mass is 10.0. The van der Waals surface area contributed by atoms with E-state index in [1.165, 1.54) is 25.7 Å². The molecule has 3 aromatic heterocycles. The van der Waals surface area contributed by atoms with Crippen LogP contribution in [0, 0.1) is 6.92 Å². The summed E-state index contributed by atoms with van der Waals surface area (Å²) in [6.07, 6.45) is 11.0.